The molecule has 0 unspecified atom stereocenters. The average molecular weight is 284 g/mol. The highest BCUT2D eigenvalue weighted by Crippen LogP contribution is 2.06. The first-order chi connectivity index (χ1) is 9.31. The number of aliphatic carboxylic acids is 1. The molecule has 20 heavy (non-hydrogen) atoms. The molecule has 3 atom stereocenters. The van der Waals surface area contributed by atoms with E-state index in [-0.39, 0.29) is 6.42 Å². The van der Waals surface area contributed by atoms with E-state index in [1.165, 1.54) is 31.2 Å². The van der Waals surface area contributed by atoms with E-state index < -0.39 is 35.9 Å². The molecule has 1 amide bonds. The number of nitrogens with one attached hydrogen (secondary N) is 1. The van der Waals surface area contributed by atoms with Crippen molar-refractivity contribution in [2.75, 3.05) is 0 Å². The van der Waals surface area contributed by atoms with Gasteiger partial charge >= 0.3 is 5.97 Å². The number of nitrogens with two attached hydrogens (primary N) is 1. The minimum Gasteiger partial charge on any atom is -0.480 e. The topological polar surface area (TPSA) is 113 Å². The Bertz CT molecular complexity index is 476. The number of carbonyl (C=O) groups is 2. The van der Waals surface area contributed by atoms with Gasteiger partial charge in [0, 0.05) is 6.42 Å². The van der Waals surface area contributed by atoms with Gasteiger partial charge in [-0.15, -0.1) is 0 Å². The highest BCUT2D eigenvalue weighted by atomic mass is 19.1. The van der Waals surface area contributed by atoms with Gasteiger partial charge in [-0.2, -0.15) is 0 Å². The maximum absolute atomic E-state index is 12.8. The third-order valence-corrected chi connectivity index (χ3v) is 2.79. The summed E-state index contributed by atoms with van der Waals surface area (Å²) in [5.74, 6) is -2.42. The molecule has 0 aromatic heterocycles. The second-order valence-electron chi connectivity index (χ2n) is 4.50. The zero-order valence-corrected chi connectivity index (χ0v) is 10.9. The monoisotopic (exact) mass is 284 g/mol. The van der Waals surface area contributed by atoms with Crippen LogP contribution >= 0.6 is 0 Å². The number of carboxylic acid groups (broad SMARTS) is 1. The van der Waals surface area contributed by atoms with E-state index in [9.17, 15) is 19.1 Å². The molecule has 0 saturated carbocycles. The Morgan fingerprint density at radius 3 is 2.35 bits per heavy atom. The Balaban J connectivity index is 2.72. The molecular weight excluding hydrogens is 267 g/mol. The molecule has 0 bridgehead atoms. The van der Waals surface area contributed by atoms with E-state index in [4.69, 9.17) is 10.8 Å². The number of rotatable bonds is 6. The second-order valence-corrected chi connectivity index (χ2v) is 4.50. The van der Waals surface area contributed by atoms with Crippen LogP contribution in [0.1, 0.15) is 12.5 Å². The van der Waals surface area contributed by atoms with Crippen LogP contribution in [0.2, 0.25) is 0 Å². The fourth-order valence-corrected chi connectivity index (χ4v) is 1.54. The number of hydrogen-bond donors (Lipinski definition) is 4. The first-order valence-corrected chi connectivity index (χ1v) is 6.02. The maximum atomic E-state index is 12.8. The molecule has 0 spiro atoms. The molecule has 0 radical (unpaired) electrons. The number of aliphatic hydroxyl groups is 1. The summed E-state index contributed by atoms with van der Waals surface area (Å²) in [7, 11) is 0. The molecule has 6 nitrogen and oxygen atoms in total. The SMILES string of the molecule is C[C@@H](O)[C@H](N)C(=O)N[C@H](Cc1ccc(F)cc1)C(=O)O. The molecule has 1 rings (SSSR count). The molecule has 0 aliphatic carbocycles. The average Bonchev–Trinajstić information content (AvgIpc) is 2.39. The van der Waals surface area contributed by atoms with Crippen LogP contribution in [0.15, 0.2) is 24.3 Å². The van der Waals surface area contributed by atoms with Crippen molar-refractivity contribution in [1.82, 2.24) is 5.32 Å². The summed E-state index contributed by atoms with van der Waals surface area (Å²) in [6, 6.07) is 2.88. The van der Waals surface area contributed by atoms with Crippen LogP contribution in [0.25, 0.3) is 0 Å². The second kappa shape index (κ2) is 6.97. The Labute approximate surface area is 115 Å². The molecule has 0 heterocycles. The molecule has 110 valence electrons. The van der Waals surface area contributed by atoms with E-state index in [0.717, 1.165) is 0 Å². The molecule has 7 heteroatoms. The van der Waals surface area contributed by atoms with Crippen LogP contribution in [-0.4, -0.2) is 40.3 Å². The number of carboxylic acids is 1. The van der Waals surface area contributed by atoms with Crippen molar-refractivity contribution in [1.29, 1.82) is 0 Å². The van der Waals surface area contributed by atoms with Gasteiger partial charge in [-0.25, -0.2) is 9.18 Å². The first kappa shape index (κ1) is 16.1. The van der Waals surface area contributed by atoms with Gasteiger partial charge in [0.1, 0.15) is 17.9 Å². The third-order valence-electron chi connectivity index (χ3n) is 2.79. The van der Waals surface area contributed by atoms with Gasteiger partial charge in [-0.3, -0.25) is 4.79 Å². The molecule has 0 fully saturated rings. The van der Waals surface area contributed by atoms with Crippen LogP contribution < -0.4 is 11.1 Å². The van der Waals surface area contributed by atoms with Crippen molar-refractivity contribution in [3.63, 3.8) is 0 Å². The van der Waals surface area contributed by atoms with E-state index in [0.29, 0.717) is 5.56 Å². The van der Waals surface area contributed by atoms with Crippen molar-refractivity contribution in [2.24, 2.45) is 5.73 Å². The number of aliphatic hydroxyl groups excluding tert-OH is 1. The summed E-state index contributed by atoms with van der Waals surface area (Å²) in [6.07, 6.45) is -1.09. The summed E-state index contributed by atoms with van der Waals surface area (Å²) in [6.45, 7) is 1.33. The Hall–Kier alpha value is -1.99. The van der Waals surface area contributed by atoms with Crippen molar-refractivity contribution < 1.29 is 24.2 Å². The van der Waals surface area contributed by atoms with E-state index in [1.807, 2.05) is 0 Å². The quantitative estimate of drug-likeness (QED) is 0.570. The molecule has 1 aromatic rings. The van der Waals surface area contributed by atoms with E-state index in [2.05, 4.69) is 5.32 Å². The van der Waals surface area contributed by atoms with Crippen LogP contribution in [0, 0.1) is 5.82 Å². The molecule has 1 aromatic carbocycles. The minimum atomic E-state index is -1.24. The number of hydrogen-bond acceptors (Lipinski definition) is 4. The summed E-state index contributed by atoms with van der Waals surface area (Å²) < 4.78 is 12.8. The summed E-state index contributed by atoms with van der Waals surface area (Å²) in [4.78, 5) is 22.7. The van der Waals surface area contributed by atoms with Crippen LogP contribution in [0.3, 0.4) is 0 Å². The lowest BCUT2D eigenvalue weighted by Crippen LogP contribution is -2.52. The molecule has 0 aliphatic rings. The molecule has 0 saturated heterocycles. The number of benzene rings is 1. The fourth-order valence-electron chi connectivity index (χ4n) is 1.54. The fraction of sp³-hybridized carbons (Fsp3) is 0.385. The molecule has 0 aliphatic heterocycles. The Morgan fingerprint density at radius 2 is 1.90 bits per heavy atom. The van der Waals surface area contributed by atoms with Crippen LogP contribution in [-0.2, 0) is 16.0 Å². The van der Waals surface area contributed by atoms with Gasteiger partial charge < -0.3 is 21.3 Å². The Morgan fingerprint density at radius 1 is 1.35 bits per heavy atom. The number of halogens is 1. The lowest BCUT2D eigenvalue weighted by molar-refractivity contribution is -0.142. The van der Waals surface area contributed by atoms with Gasteiger partial charge in [0.15, 0.2) is 0 Å². The van der Waals surface area contributed by atoms with Crippen LogP contribution in [0.4, 0.5) is 4.39 Å². The predicted octanol–water partition coefficient (Wildman–Crippen LogP) is -0.354. The maximum Gasteiger partial charge on any atom is 0.326 e. The lowest BCUT2D eigenvalue weighted by atomic mass is 10.0. The summed E-state index contributed by atoms with van der Waals surface area (Å²) in [5, 5.41) is 20.5. The largest absolute Gasteiger partial charge is 0.480 e. The number of amides is 1. The third kappa shape index (κ3) is 4.60. The normalized spacial score (nSPS) is 15.2. The number of carbonyl (C=O) groups excluding carboxylic acids is 1. The van der Waals surface area contributed by atoms with Gasteiger partial charge in [0.2, 0.25) is 5.91 Å². The van der Waals surface area contributed by atoms with Gasteiger partial charge in [-0.1, -0.05) is 12.1 Å². The van der Waals surface area contributed by atoms with Gasteiger partial charge in [0.05, 0.1) is 6.10 Å². The highest BCUT2D eigenvalue weighted by Gasteiger charge is 2.25. The highest BCUT2D eigenvalue weighted by molar-refractivity contribution is 5.87. The van der Waals surface area contributed by atoms with Crippen molar-refractivity contribution in [2.45, 2.75) is 31.5 Å². The van der Waals surface area contributed by atoms with E-state index >= 15 is 0 Å². The zero-order valence-electron chi connectivity index (χ0n) is 10.9. The summed E-state index contributed by atoms with van der Waals surface area (Å²) >= 11 is 0. The summed E-state index contributed by atoms with van der Waals surface area (Å²) in [5.41, 5.74) is 5.98. The van der Waals surface area contributed by atoms with E-state index in [1.54, 1.807) is 0 Å². The predicted molar refractivity (Wildman–Crippen MR) is 69.3 cm³/mol. The van der Waals surface area contributed by atoms with Crippen molar-refractivity contribution in [3.05, 3.63) is 35.6 Å². The standard InChI is InChI=1S/C13H17FN2O4/c1-7(17)11(15)12(18)16-10(13(19)20)6-8-2-4-9(14)5-3-8/h2-5,7,10-11,17H,6,15H2,1H3,(H,16,18)(H,19,20)/t7-,10-,11+/m1/s1. The molecule has 5 N–H and O–H groups in total. The van der Waals surface area contributed by atoms with Crippen molar-refractivity contribution >= 4 is 11.9 Å². The molecular formula is C13H17FN2O4. The Kier molecular flexibility index (Phi) is 5.60. The zero-order chi connectivity index (χ0) is 15.3. The first-order valence-electron chi connectivity index (χ1n) is 6.02. The minimum absolute atomic E-state index is 0.00607. The van der Waals surface area contributed by atoms with Crippen molar-refractivity contribution in [3.8, 4) is 0 Å². The lowest BCUT2D eigenvalue weighted by Gasteiger charge is -2.19. The smallest absolute Gasteiger partial charge is 0.326 e. The van der Waals surface area contributed by atoms with Crippen LogP contribution in [0.5, 0.6) is 0 Å². The van der Waals surface area contributed by atoms with Gasteiger partial charge in [0.25, 0.3) is 0 Å². The van der Waals surface area contributed by atoms with Gasteiger partial charge in [-0.05, 0) is 24.6 Å².